The van der Waals surface area contributed by atoms with Crippen molar-refractivity contribution in [2.45, 2.75) is 24.9 Å². The fraction of sp³-hybridized carbons (Fsp3) is 0.786. The third kappa shape index (κ3) is 28.1. The van der Waals surface area contributed by atoms with E-state index < -0.39 is 30.0 Å². The molecule has 0 bridgehead atoms. The zero-order valence-corrected chi connectivity index (χ0v) is 16.9. The molecule has 0 aliphatic carbocycles. The number of thioether (sulfide) groups is 1. The fourth-order valence-corrected chi connectivity index (χ4v) is 1.79. The van der Waals surface area contributed by atoms with Gasteiger partial charge in [-0.05, 0) is 30.6 Å². The van der Waals surface area contributed by atoms with E-state index in [2.05, 4.69) is 12.6 Å². The van der Waals surface area contributed by atoms with Gasteiger partial charge in [-0.1, -0.05) is 0 Å². The Morgan fingerprint density at radius 1 is 1.08 bits per heavy atom. The van der Waals surface area contributed by atoms with Crippen molar-refractivity contribution in [2.24, 2.45) is 11.5 Å². The number of nitrogens with zero attached hydrogens (tertiary/aromatic N) is 1. The van der Waals surface area contributed by atoms with Crippen LogP contribution >= 0.6 is 24.4 Å². The summed E-state index contributed by atoms with van der Waals surface area (Å²) in [6, 6.07) is -1.43. The maximum absolute atomic E-state index is 10.1. The van der Waals surface area contributed by atoms with E-state index in [4.69, 9.17) is 21.7 Å². The zero-order valence-electron chi connectivity index (χ0n) is 15.2. The second-order valence-corrected chi connectivity index (χ2v) is 7.44. The Morgan fingerprint density at radius 3 is 1.64 bits per heavy atom. The van der Waals surface area contributed by atoms with Crippen molar-refractivity contribution in [2.75, 3.05) is 45.4 Å². The van der Waals surface area contributed by atoms with Gasteiger partial charge in [-0.3, -0.25) is 9.59 Å². The van der Waals surface area contributed by atoms with E-state index in [9.17, 15) is 19.5 Å². The number of rotatable bonds is 9. The summed E-state index contributed by atoms with van der Waals surface area (Å²) in [6.45, 7) is 0.0694. The zero-order chi connectivity index (χ0) is 20.6. The Hall–Kier alpha value is -1.01. The van der Waals surface area contributed by atoms with E-state index in [-0.39, 0.29) is 6.54 Å². The van der Waals surface area contributed by atoms with Gasteiger partial charge in [-0.2, -0.15) is 24.4 Å². The summed E-state index contributed by atoms with van der Waals surface area (Å²) < 4.78 is 0.419. The largest absolute Gasteiger partial charge is 0.544 e. The van der Waals surface area contributed by atoms with Crippen LogP contribution in [-0.2, 0) is 14.4 Å². The van der Waals surface area contributed by atoms with Gasteiger partial charge in [0.05, 0.1) is 27.1 Å². The highest BCUT2D eigenvalue weighted by atomic mass is 32.2. The van der Waals surface area contributed by atoms with E-state index in [1.54, 1.807) is 32.9 Å². The molecule has 0 saturated heterocycles. The molecule has 0 amide bonds. The maximum Gasteiger partial charge on any atom is 0.320 e. The van der Waals surface area contributed by atoms with Crippen LogP contribution in [0.3, 0.4) is 0 Å². The molecule has 6 N–H and O–H groups in total. The lowest BCUT2D eigenvalue weighted by molar-refractivity contribution is -0.864. The van der Waals surface area contributed by atoms with Crippen molar-refractivity contribution in [3.05, 3.63) is 0 Å². The van der Waals surface area contributed by atoms with Crippen LogP contribution in [0.2, 0.25) is 0 Å². The lowest BCUT2D eigenvalue weighted by Gasteiger charge is -2.23. The lowest BCUT2D eigenvalue weighted by Crippen LogP contribution is -2.45. The molecule has 0 aromatic rings. The first-order chi connectivity index (χ1) is 11.3. The quantitative estimate of drug-likeness (QED) is 0.224. The van der Waals surface area contributed by atoms with E-state index in [0.29, 0.717) is 23.1 Å². The number of quaternary nitrogens is 1. The summed E-state index contributed by atoms with van der Waals surface area (Å²) in [7, 11) is 5.40. The van der Waals surface area contributed by atoms with Crippen LogP contribution in [-0.4, -0.2) is 90.1 Å². The van der Waals surface area contributed by atoms with Crippen LogP contribution in [0, 0.1) is 0 Å². The number of aliphatic carboxylic acids is 3. The predicted octanol–water partition coefficient (Wildman–Crippen LogP) is -1.69. The standard InChI is InChI=1S/C5H11NO2S.C5H11NO2.C4H9NO2S/c1-9-3-2-4(6)5(7)8;1-6(2,3)4-5(7)8;5-3(1-2-8)4(6)7/h4H,2-3,6H2,1H3,(H,7,8);4H2,1-3H3;3,8H,1-2,5H2,(H,6,7)/t4-;;3-/m0.0/s1. The van der Waals surface area contributed by atoms with E-state index >= 15 is 0 Å². The minimum absolute atomic E-state index is 0.0694. The summed E-state index contributed by atoms with van der Waals surface area (Å²) in [5, 5.41) is 26.3. The smallest absolute Gasteiger partial charge is 0.320 e. The van der Waals surface area contributed by atoms with E-state index in [0.717, 1.165) is 5.75 Å². The molecule has 0 rings (SSSR count). The average molecular weight is 402 g/mol. The number of carbonyl (C=O) groups excluding carboxylic acids is 1. The van der Waals surface area contributed by atoms with E-state index in [1.165, 1.54) is 0 Å². The summed E-state index contributed by atoms with van der Waals surface area (Å²) in [5.74, 6) is -1.54. The molecule has 0 saturated carbocycles. The molecule has 0 radical (unpaired) electrons. The van der Waals surface area contributed by atoms with Crippen molar-refractivity contribution >= 4 is 42.3 Å². The van der Waals surface area contributed by atoms with Crippen molar-refractivity contribution in [1.82, 2.24) is 0 Å². The molecule has 0 fully saturated rings. The number of carboxylic acids is 3. The molecular formula is C14H31N3O6S2. The minimum Gasteiger partial charge on any atom is -0.544 e. The molecule has 150 valence electrons. The highest BCUT2D eigenvalue weighted by Gasteiger charge is 2.09. The highest BCUT2D eigenvalue weighted by molar-refractivity contribution is 7.98. The Morgan fingerprint density at radius 2 is 1.48 bits per heavy atom. The average Bonchev–Trinajstić information content (AvgIpc) is 2.43. The molecule has 25 heavy (non-hydrogen) atoms. The van der Waals surface area contributed by atoms with Gasteiger partial charge < -0.3 is 36.1 Å². The van der Waals surface area contributed by atoms with Gasteiger partial charge in [-0.15, -0.1) is 0 Å². The summed E-state index contributed by atoms with van der Waals surface area (Å²) in [6.07, 6.45) is 2.91. The van der Waals surface area contributed by atoms with Gasteiger partial charge in [0.25, 0.3) is 0 Å². The van der Waals surface area contributed by atoms with Gasteiger partial charge >= 0.3 is 11.9 Å². The molecule has 0 unspecified atom stereocenters. The van der Waals surface area contributed by atoms with Crippen LogP contribution in [0.5, 0.6) is 0 Å². The van der Waals surface area contributed by atoms with Crippen LogP contribution in [0.15, 0.2) is 0 Å². The number of thiol groups is 1. The second-order valence-electron chi connectivity index (χ2n) is 6.00. The summed E-state index contributed by atoms with van der Waals surface area (Å²) in [5.41, 5.74) is 10.3. The molecule has 0 aliphatic rings. The first kappa shape index (κ1) is 28.8. The molecule has 0 spiro atoms. The normalized spacial score (nSPS) is 12.6. The molecule has 11 heteroatoms. The lowest BCUT2D eigenvalue weighted by atomic mass is 10.2. The Balaban J connectivity index is -0.000000291. The number of carboxylic acid groups (broad SMARTS) is 3. The molecule has 0 aromatic carbocycles. The van der Waals surface area contributed by atoms with E-state index in [1.807, 2.05) is 6.26 Å². The Bertz CT molecular complexity index is 391. The first-order valence-corrected chi connectivity index (χ1v) is 9.38. The number of nitrogens with two attached hydrogens (primary N) is 2. The van der Waals surface area contributed by atoms with Crippen molar-refractivity contribution in [3.8, 4) is 0 Å². The van der Waals surface area contributed by atoms with Gasteiger partial charge in [0.15, 0.2) is 0 Å². The molecule has 0 aliphatic heterocycles. The van der Waals surface area contributed by atoms with Crippen LogP contribution in [0.4, 0.5) is 0 Å². The maximum atomic E-state index is 10.1. The molecular weight excluding hydrogens is 370 g/mol. The molecule has 0 aromatic heterocycles. The Kier molecular flexibility index (Phi) is 18.9. The molecule has 2 atom stereocenters. The van der Waals surface area contributed by atoms with Gasteiger partial charge in [0.2, 0.25) is 0 Å². The number of hydrogen-bond donors (Lipinski definition) is 5. The number of hydrogen-bond acceptors (Lipinski definition) is 8. The SMILES string of the molecule is CSCC[C@H](N)C(=O)O.C[N+](C)(C)CC(=O)[O-].N[C@@H](CCS)C(=O)O. The summed E-state index contributed by atoms with van der Waals surface area (Å²) in [4.78, 5) is 29.9. The number of likely N-dealkylation sites (N-methyl/N-ethyl adjacent to an activating group) is 1. The highest BCUT2D eigenvalue weighted by Crippen LogP contribution is 1.97. The van der Waals surface area contributed by atoms with Crippen molar-refractivity contribution in [1.29, 1.82) is 0 Å². The van der Waals surface area contributed by atoms with Gasteiger partial charge in [-0.25, -0.2) is 0 Å². The van der Waals surface area contributed by atoms with Gasteiger partial charge in [0, 0.05) is 0 Å². The monoisotopic (exact) mass is 401 g/mol. The topological polar surface area (TPSA) is 167 Å². The molecule has 0 heterocycles. The fourth-order valence-electron chi connectivity index (χ4n) is 1.02. The predicted molar refractivity (Wildman–Crippen MR) is 101 cm³/mol. The van der Waals surface area contributed by atoms with Crippen molar-refractivity contribution < 1.29 is 34.2 Å². The van der Waals surface area contributed by atoms with Crippen LogP contribution < -0.4 is 16.6 Å². The third-order valence-electron chi connectivity index (χ3n) is 2.31. The number of carbonyl (C=O) groups is 3. The molecule has 9 nitrogen and oxygen atoms in total. The minimum atomic E-state index is -1.00. The van der Waals surface area contributed by atoms with Crippen molar-refractivity contribution in [3.63, 3.8) is 0 Å². The van der Waals surface area contributed by atoms with Gasteiger partial charge in [0.1, 0.15) is 18.6 Å². The van der Waals surface area contributed by atoms with Crippen LogP contribution in [0.25, 0.3) is 0 Å². The third-order valence-corrected chi connectivity index (χ3v) is 3.21. The summed E-state index contributed by atoms with van der Waals surface area (Å²) >= 11 is 5.42. The second kappa shape index (κ2) is 16.5. The van der Waals surface area contributed by atoms with Crippen LogP contribution in [0.1, 0.15) is 12.8 Å². The Labute approximate surface area is 158 Å². The first-order valence-electron chi connectivity index (χ1n) is 7.35.